The summed E-state index contributed by atoms with van der Waals surface area (Å²) in [6.07, 6.45) is 12.9. The zero-order valence-electron chi connectivity index (χ0n) is 17.3. The Hall–Kier alpha value is -1.86. The van der Waals surface area contributed by atoms with Crippen molar-refractivity contribution in [3.05, 3.63) is 40.7 Å². The molecule has 2 fully saturated rings. The van der Waals surface area contributed by atoms with Gasteiger partial charge in [-0.25, -0.2) is 0 Å². The standard InChI is InChI=1S/C22H31N5OS/c1-17-21(29-25-24-17)22(28)27(14-18-7-5-11-23-13-18)16-19-8-6-12-26(15-19)20-9-3-2-4-10-20/h5,7,11,13,19-20H,2-4,6,8-10,12,14-16H2,1H3. The molecule has 0 N–H and O–H groups in total. The fourth-order valence-corrected chi connectivity index (χ4v) is 5.46. The van der Waals surface area contributed by atoms with E-state index in [9.17, 15) is 4.79 Å². The molecule has 1 aliphatic carbocycles. The third kappa shape index (κ3) is 5.20. The normalized spacial score (nSPS) is 21.2. The monoisotopic (exact) mass is 413 g/mol. The van der Waals surface area contributed by atoms with Gasteiger partial charge in [0.15, 0.2) is 0 Å². The number of aromatic nitrogens is 3. The van der Waals surface area contributed by atoms with Crippen LogP contribution in [0.25, 0.3) is 0 Å². The molecule has 4 rings (SSSR count). The van der Waals surface area contributed by atoms with Crippen molar-refractivity contribution in [1.29, 1.82) is 0 Å². The molecule has 1 saturated carbocycles. The molecule has 2 aromatic heterocycles. The van der Waals surface area contributed by atoms with Crippen molar-refractivity contribution >= 4 is 17.4 Å². The molecule has 3 heterocycles. The maximum Gasteiger partial charge on any atom is 0.267 e. The Morgan fingerprint density at radius 2 is 2.10 bits per heavy atom. The number of pyridine rings is 1. The van der Waals surface area contributed by atoms with Gasteiger partial charge in [-0.2, -0.15) is 0 Å². The van der Waals surface area contributed by atoms with Crippen molar-refractivity contribution in [1.82, 2.24) is 24.4 Å². The van der Waals surface area contributed by atoms with Gasteiger partial charge in [0.25, 0.3) is 5.91 Å². The van der Waals surface area contributed by atoms with Gasteiger partial charge < -0.3 is 9.80 Å². The Morgan fingerprint density at radius 3 is 2.83 bits per heavy atom. The minimum Gasteiger partial charge on any atom is -0.333 e. The van der Waals surface area contributed by atoms with Crippen molar-refractivity contribution in [2.45, 2.75) is 64.5 Å². The quantitative estimate of drug-likeness (QED) is 0.718. The molecule has 0 aromatic carbocycles. The van der Waals surface area contributed by atoms with Gasteiger partial charge >= 0.3 is 0 Å². The highest BCUT2D eigenvalue weighted by molar-refractivity contribution is 7.07. The molecule has 7 heteroatoms. The van der Waals surface area contributed by atoms with E-state index in [0.29, 0.717) is 17.3 Å². The first-order valence-electron chi connectivity index (χ1n) is 10.9. The number of amides is 1. The summed E-state index contributed by atoms with van der Waals surface area (Å²) in [5, 5.41) is 4.05. The second-order valence-corrected chi connectivity index (χ2v) is 9.28. The van der Waals surface area contributed by atoms with E-state index in [1.807, 2.05) is 30.2 Å². The largest absolute Gasteiger partial charge is 0.333 e. The first-order valence-corrected chi connectivity index (χ1v) is 11.7. The van der Waals surface area contributed by atoms with Crippen LogP contribution in [-0.4, -0.2) is 56.0 Å². The second kappa shape index (κ2) is 9.76. The molecule has 1 saturated heterocycles. The predicted molar refractivity (Wildman–Crippen MR) is 115 cm³/mol. The number of piperidine rings is 1. The first kappa shape index (κ1) is 20.4. The lowest BCUT2D eigenvalue weighted by molar-refractivity contribution is 0.0586. The van der Waals surface area contributed by atoms with Crippen LogP contribution in [0.15, 0.2) is 24.5 Å². The van der Waals surface area contributed by atoms with Gasteiger partial charge in [-0.05, 0) is 68.2 Å². The highest BCUT2D eigenvalue weighted by Crippen LogP contribution is 2.28. The van der Waals surface area contributed by atoms with Crippen molar-refractivity contribution in [3.8, 4) is 0 Å². The fraction of sp³-hybridized carbons (Fsp3) is 0.636. The van der Waals surface area contributed by atoms with Gasteiger partial charge in [0, 0.05) is 38.1 Å². The topological polar surface area (TPSA) is 62.2 Å². The molecule has 1 atom stereocenters. The molecule has 2 aliphatic rings. The molecule has 0 spiro atoms. The number of rotatable bonds is 6. The number of hydrogen-bond donors (Lipinski definition) is 0. The van der Waals surface area contributed by atoms with Crippen molar-refractivity contribution in [2.75, 3.05) is 19.6 Å². The van der Waals surface area contributed by atoms with Gasteiger partial charge in [-0.3, -0.25) is 9.78 Å². The SMILES string of the molecule is Cc1nnsc1C(=O)N(Cc1cccnc1)CC1CCCN(C2CCCCC2)C1. The fourth-order valence-electron chi connectivity index (χ4n) is 4.84. The number of hydrogen-bond acceptors (Lipinski definition) is 6. The zero-order valence-corrected chi connectivity index (χ0v) is 18.1. The molecular formula is C22H31N5OS. The summed E-state index contributed by atoms with van der Waals surface area (Å²) in [4.78, 5) is 22.9. The summed E-state index contributed by atoms with van der Waals surface area (Å²) in [6, 6.07) is 4.73. The van der Waals surface area contributed by atoms with Gasteiger partial charge in [0.2, 0.25) is 0 Å². The van der Waals surface area contributed by atoms with Crippen molar-refractivity contribution in [2.24, 2.45) is 5.92 Å². The van der Waals surface area contributed by atoms with Crippen LogP contribution in [0.4, 0.5) is 0 Å². The average molecular weight is 414 g/mol. The van der Waals surface area contributed by atoms with E-state index in [0.717, 1.165) is 30.4 Å². The summed E-state index contributed by atoms with van der Waals surface area (Å²) < 4.78 is 3.98. The summed E-state index contributed by atoms with van der Waals surface area (Å²) in [5.41, 5.74) is 1.79. The number of carbonyl (C=O) groups is 1. The van der Waals surface area contributed by atoms with E-state index in [2.05, 4.69) is 19.5 Å². The van der Waals surface area contributed by atoms with E-state index in [4.69, 9.17) is 0 Å². The minimum atomic E-state index is 0.0520. The lowest BCUT2D eigenvalue weighted by Crippen LogP contribution is -2.47. The van der Waals surface area contributed by atoms with E-state index >= 15 is 0 Å². The Balaban J connectivity index is 1.47. The summed E-state index contributed by atoms with van der Waals surface area (Å²) in [7, 11) is 0. The molecular weight excluding hydrogens is 382 g/mol. The van der Waals surface area contributed by atoms with E-state index < -0.39 is 0 Å². The molecule has 0 bridgehead atoms. The predicted octanol–water partition coefficient (Wildman–Crippen LogP) is 3.93. The molecule has 6 nitrogen and oxygen atoms in total. The van der Waals surface area contributed by atoms with E-state index in [1.54, 1.807) is 6.20 Å². The van der Waals surface area contributed by atoms with Crippen LogP contribution in [0, 0.1) is 12.8 Å². The van der Waals surface area contributed by atoms with Crippen LogP contribution in [0.3, 0.4) is 0 Å². The summed E-state index contributed by atoms with van der Waals surface area (Å²) >= 11 is 1.20. The minimum absolute atomic E-state index is 0.0520. The van der Waals surface area contributed by atoms with Crippen LogP contribution in [0.5, 0.6) is 0 Å². The number of aryl methyl sites for hydroxylation is 1. The van der Waals surface area contributed by atoms with E-state index in [1.165, 1.54) is 63.0 Å². The Bertz CT molecular complexity index is 790. The third-order valence-electron chi connectivity index (χ3n) is 6.35. The number of nitrogens with zero attached hydrogens (tertiary/aromatic N) is 5. The molecule has 0 radical (unpaired) electrons. The second-order valence-electron chi connectivity index (χ2n) is 8.53. The maximum absolute atomic E-state index is 13.3. The zero-order chi connectivity index (χ0) is 20.1. The summed E-state index contributed by atoms with van der Waals surface area (Å²) in [6.45, 7) is 5.57. The Labute approximate surface area is 177 Å². The smallest absolute Gasteiger partial charge is 0.267 e. The Kier molecular flexibility index (Phi) is 6.87. The lowest BCUT2D eigenvalue weighted by Gasteiger charge is -2.41. The van der Waals surface area contributed by atoms with Crippen LogP contribution < -0.4 is 0 Å². The van der Waals surface area contributed by atoms with Crippen LogP contribution in [-0.2, 0) is 6.54 Å². The van der Waals surface area contributed by atoms with Crippen molar-refractivity contribution in [3.63, 3.8) is 0 Å². The molecule has 156 valence electrons. The van der Waals surface area contributed by atoms with Gasteiger partial charge in [-0.15, -0.1) is 5.10 Å². The van der Waals surface area contributed by atoms with Crippen LogP contribution in [0.1, 0.15) is 65.9 Å². The highest BCUT2D eigenvalue weighted by Gasteiger charge is 2.30. The molecule has 1 aliphatic heterocycles. The van der Waals surface area contributed by atoms with E-state index in [-0.39, 0.29) is 5.91 Å². The molecule has 29 heavy (non-hydrogen) atoms. The summed E-state index contributed by atoms with van der Waals surface area (Å²) in [5.74, 6) is 0.573. The van der Waals surface area contributed by atoms with Gasteiger partial charge in [0.05, 0.1) is 5.69 Å². The molecule has 1 amide bonds. The highest BCUT2D eigenvalue weighted by atomic mass is 32.1. The number of carbonyl (C=O) groups excluding carboxylic acids is 1. The van der Waals surface area contributed by atoms with Crippen LogP contribution >= 0.6 is 11.5 Å². The third-order valence-corrected chi connectivity index (χ3v) is 7.17. The number of likely N-dealkylation sites (tertiary alicyclic amines) is 1. The first-order chi connectivity index (χ1) is 14.2. The van der Waals surface area contributed by atoms with Crippen LogP contribution in [0.2, 0.25) is 0 Å². The average Bonchev–Trinajstić information content (AvgIpc) is 3.20. The van der Waals surface area contributed by atoms with Crippen molar-refractivity contribution < 1.29 is 4.79 Å². The lowest BCUT2D eigenvalue weighted by atomic mass is 9.90. The molecule has 1 unspecified atom stereocenters. The molecule has 2 aromatic rings. The Morgan fingerprint density at radius 1 is 1.24 bits per heavy atom. The van der Waals surface area contributed by atoms with Gasteiger partial charge in [0.1, 0.15) is 4.88 Å². The maximum atomic E-state index is 13.3. The van der Waals surface area contributed by atoms with Gasteiger partial charge in [-0.1, -0.05) is 29.8 Å².